The van der Waals surface area contributed by atoms with Gasteiger partial charge in [0.2, 0.25) is 0 Å². The molecule has 0 spiro atoms. The van der Waals surface area contributed by atoms with Gasteiger partial charge in [-0.3, -0.25) is 0 Å². The summed E-state index contributed by atoms with van der Waals surface area (Å²) in [4.78, 5) is 1.37. The molecule has 0 unspecified atom stereocenters. The van der Waals surface area contributed by atoms with Crippen molar-refractivity contribution in [2.24, 2.45) is 0 Å². The van der Waals surface area contributed by atoms with E-state index in [-0.39, 0.29) is 0 Å². The number of nitrogen functional groups attached to an aromatic ring is 1. The van der Waals surface area contributed by atoms with Gasteiger partial charge in [0.25, 0.3) is 0 Å². The van der Waals surface area contributed by atoms with Crippen molar-refractivity contribution in [2.45, 2.75) is 26.7 Å². The highest BCUT2D eigenvalue weighted by Crippen LogP contribution is 2.24. The SMILES string of the molecule is CCCc1c(N)csc1C. The van der Waals surface area contributed by atoms with E-state index in [0.29, 0.717) is 0 Å². The first-order valence-electron chi connectivity index (χ1n) is 3.58. The molecule has 56 valence electrons. The Morgan fingerprint density at radius 3 is 2.70 bits per heavy atom. The summed E-state index contributed by atoms with van der Waals surface area (Å²) < 4.78 is 0. The molecule has 0 bridgehead atoms. The van der Waals surface area contributed by atoms with E-state index in [1.165, 1.54) is 16.9 Å². The zero-order valence-electron chi connectivity index (χ0n) is 6.48. The second-order valence-corrected chi connectivity index (χ2v) is 3.56. The van der Waals surface area contributed by atoms with Gasteiger partial charge in [0, 0.05) is 15.9 Å². The summed E-state index contributed by atoms with van der Waals surface area (Å²) in [5.41, 5.74) is 8.07. The zero-order chi connectivity index (χ0) is 7.56. The lowest BCUT2D eigenvalue weighted by molar-refractivity contribution is 0.922. The molecule has 2 N–H and O–H groups in total. The molecular formula is C8H13NS. The monoisotopic (exact) mass is 155 g/mol. The Kier molecular flexibility index (Phi) is 2.33. The van der Waals surface area contributed by atoms with E-state index in [9.17, 15) is 0 Å². The van der Waals surface area contributed by atoms with Crippen molar-refractivity contribution < 1.29 is 0 Å². The largest absolute Gasteiger partial charge is 0.398 e. The van der Waals surface area contributed by atoms with Crippen molar-refractivity contribution in [3.8, 4) is 0 Å². The maximum atomic E-state index is 5.74. The summed E-state index contributed by atoms with van der Waals surface area (Å²) in [6, 6.07) is 0. The van der Waals surface area contributed by atoms with E-state index in [1.54, 1.807) is 11.3 Å². The van der Waals surface area contributed by atoms with E-state index in [0.717, 1.165) is 12.1 Å². The minimum atomic E-state index is 0.976. The van der Waals surface area contributed by atoms with E-state index >= 15 is 0 Å². The first-order chi connectivity index (χ1) is 4.75. The van der Waals surface area contributed by atoms with Crippen molar-refractivity contribution in [2.75, 3.05) is 5.73 Å². The van der Waals surface area contributed by atoms with Crippen LogP contribution in [0.3, 0.4) is 0 Å². The third-order valence-electron chi connectivity index (χ3n) is 1.64. The minimum absolute atomic E-state index is 0.976. The lowest BCUT2D eigenvalue weighted by atomic mass is 10.1. The molecule has 1 aromatic rings. The third kappa shape index (κ3) is 1.32. The molecule has 0 saturated carbocycles. The van der Waals surface area contributed by atoms with E-state index in [4.69, 9.17) is 5.73 Å². The highest BCUT2D eigenvalue weighted by atomic mass is 32.1. The van der Waals surface area contributed by atoms with Crippen LogP contribution in [0.4, 0.5) is 5.69 Å². The first kappa shape index (κ1) is 7.61. The maximum absolute atomic E-state index is 5.74. The molecule has 0 radical (unpaired) electrons. The summed E-state index contributed by atoms with van der Waals surface area (Å²) in [5.74, 6) is 0. The number of rotatable bonds is 2. The van der Waals surface area contributed by atoms with Gasteiger partial charge in [-0.05, 0) is 18.9 Å². The Bertz CT molecular complexity index is 196. The molecule has 0 aliphatic heterocycles. The van der Waals surface area contributed by atoms with Crippen LogP contribution in [0.5, 0.6) is 0 Å². The summed E-state index contributed by atoms with van der Waals surface area (Å²) in [6.07, 6.45) is 2.31. The van der Waals surface area contributed by atoms with Gasteiger partial charge in [0.15, 0.2) is 0 Å². The third-order valence-corrected chi connectivity index (χ3v) is 2.61. The van der Waals surface area contributed by atoms with Crippen LogP contribution in [-0.2, 0) is 6.42 Å². The first-order valence-corrected chi connectivity index (χ1v) is 4.46. The zero-order valence-corrected chi connectivity index (χ0v) is 7.29. The Morgan fingerprint density at radius 1 is 1.60 bits per heavy atom. The molecule has 0 fully saturated rings. The maximum Gasteiger partial charge on any atom is 0.0458 e. The molecule has 0 saturated heterocycles. The summed E-state index contributed by atoms with van der Waals surface area (Å²) in [7, 11) is 0. The average Bonchev–Trinajstić information content (AvgIpc) is 2.20. The molecule has 1 heterocycles. The normalized spacial score (nSPS) is 10.2. The van der Waals surface area contributed by atoms with Gasteiger partial charge >= 0.3 is 0 Å². The van der Waals surface area contributed by atoms with Crippen LogP contribution in [0.1, 0.15) is 23.8 Å². The Morgan fingerprint density at radius 2 is 2.30 bits per heavy atom. The summed E-state index contributed by atoms with van der Waals surface area (Å²) in [5, 5.41) is 2.03. The number of thiophene rings is 1. The molecule has 1 nitrogen and oxygen atoms in total. The molecule has 2 heteroatoms. The fraction of sp³-hybridized carbons (Fsp3) is 0.500. The van der Waals surface area contributed by atoms with E-state index in [1.807, 2.05) is 5.38 Å². The predicted octanol–water partition coefficient (Wildman–Crippen LogP) is 2.59. The smallest absolute Gasteiger partial charge is 0.0458 e. The molecular weight excluding hydrogens is 142 g/mol. The molecule has 10 heavy (non-hydrogen) atoms. The van der Waals surface area contributed by atoms with Crippen molar-refractivity contribution >= 4 is 17.0 Å². The van der Waals surface area contributed by atoms with Crippen LogP contribution in [-0.4, -0.2) is 0 Å². The van der Waals surface area contributed by atoms with Crippen molar-refractivity contribution in [1.82, 2.24) is 0 Å². The second kappa shape index (κ2) is 3.06. The molecule has 0 aliphatic rings. The molecule has 1 rings (SSSR count). The lowest BCUT2D eigenvalue weighted by Gasteiger charge is -1.97. The van der Waals surface area contributed by atoms with Gasteiger partial charge in [-0.15, -0.1) is 11.3 Å². The van der Waals surface area contributed by atoms with Gasteiger partial charge in [0.1, 0.15) is 0 Å². The molecule has 0 aromatic carbocycles. The standard InChI is InChI=1S/C8H13NS/c1-3-4-7-6(2)10-5-8(7)9/h5H,3-4,9H2,1-2H3. The van der Waals surface area contributed by atoms with Crippen molar-refractivity contribution in [3.63, 3.8) is 0 Å². The fourth-order valence-electron chi connectivity index (χ4n) is 1.07. The van der Waals surface area contributed by atoms with Crippen LogP contribution in [0, 0.1) is 6.92 Å². The Hall–Kier alpha value is -0.500. The molecule has 0 atom stereocenters. The van der Waals surface area contributed by atoms with Gasteiger partial charge in [-0.1, -0.05) is 13.3 Å². The number of anilines is 1. The predicted molar refractivity (Wildman–Crippen MR) is 47.5 cm³/mol. The molecule has 0 amide bonds. The van der Waals surface area contributed by atoms with Crippen LogP contribution in [0.2, 0.25) is 0 Å². The van der Waals surface area contributed by atoms with Gasteiger partial charge in [0.05, 0.1) is 0 Å². The van der Waals surface area contributed by atoms with Crippen LogP contribution in [0.25, 0.3) is 0 Å². The van der Waals surface area contributed by atoms with E-state index in [2.05, 4.69) is 13.8 Å². The number of nitrogens with two attached hydrogens (primary N) is 1. The van der Waals surface area contributed by atoms with Gasteiger partial charge < -0.3 is 5.73 Å². The Labute approximate surface area is 65.9 Å². The number of hydrogen-bond donors (Lipinski definition) is 1. The summed E-state index contributed by atoms with van der Waals surface area (Å²) in [6.45, 7) is 4.31. The molecule has 0 aliphatic carbocycles. The molecule has 1 aromatic heterocycles. The summed E-state index contributed by atoms with van der Waals surface area (Å²) >= 11 is 1.75. The number of aryl methyl sites for hydroxylation is 1. The lowest BCUT2D eigenvalue weighted by Crippen LogP contribution is -1.90. The van der Waals surface area contributed by atoms with Crippen molar-refractivity contribution in [1.29, 1.82) is 0 Å². The average molecular weight is 155 g/mol. The van der Waals surface area contributed by atoms with Crippen LogP contribution >= 0.6 is 11.3 Å². The minimum Gasteiger partial charge on any atom is -0.398 e. The van der Waals surface area contributed by atoms with Crippen LogP contribution in [0.15, 0.2) is 5.38 Å². The highest BCUT2D eigenvalue weighted by Gasteiger charge is 2.02. The van der Waals surface area contributed by atoms with Gasteiger partial charge in [-0.25, -0.2) is 0 Å². The number of hydrogen-bond acceptors (Lipinski definition) is 2. The van der Waals surface area contributed by atoms with E-state index < -0.39 is 0 Å². The van der Waals surface area contributed by atoms with Gasteiger partial charge in [-0.2, -0.15) is 0 Å². The Balaban J connectivity index is 2.87. The van der Waals surface area contributed by atoms with Crippen LogP contribution < -0.4 is 5.73 Å². The topological polar surface area (TPSA) is 26.0 Å². The van der Waals surface area contributed by atoms with Crippen molar-refractivity contribution in [3.05, 3.63) is 15.8 Å². The highest BCUT2D eigenvalue weighted by molar-refractivity contribution is 7.10. The quantitative estimate of drug-likeness (QED) is 0.698. The second-order valence-electron chi connectivity index (χ2n) is 2.48. The fourth-order valence-corrected chi connectivity index (χ4v) is 1.88.